The van der Waals surface area contributed by atoms with E-state index in [0.717, 1.165) is 11.3 Å². The average molecular weight is 498 g/mol. The maximum Gasteiger partial charge on any atom is 0.257 e. The fourth-order valence-electron chi connectivity index (χ4n) is 4.32. The molecule has 0 saturated heterocycles. The van der Waals surface area contributed by atoms with Crippen molar-refractivity contribution in [1.82, 2.24) is 19.9 Å². The van der Waals surface area contributed by atoms with Gasteiger partial charge in [-0.05, 0) is 60.5 Å². The molecule has 0 saturated carbocycles. The van der Waals surface area contributed by atoms with Crippen LogP contribution in [0.3, 0.4) is 0 Å². The van der Waals surface area contributed by atoms with Crippen LogP contribution in [0.15, 0.2) is 66.7 Å². The Labute approximate surface area is 213 Å². The molecule has 1 amide bonds. The molecule has 5 aromatic rings. The molecule has 5 rings (SSSR count). The van der Waals surface area contributed by atoms with Crippen molar-refractivity contribution in [2.45, 2.75) is 6.42 Å². The first-order valence-electron chi connectivity index (χ1n) is 11.7. The number of amides is 1. The Bertz CT molecular complexity index is 1590. The van der Waals surface area contributed by atoms with Gasteiger partial charge in [0.1, 0.15) is 22.6 Å². The molecule has 0 fully saturated rings. The quantitative estimate of drug-likeness (QED) is 0.331. The van der Waals surface area contributed by atoms with E-state index in [9.17, 15) is 4.79 Å². The second kappa shape index (κ2) is 10.1. The summed E-state index contributed by atoms with van der Waals surface area (Å²) >= 11 is 0. The van der Waals surface area contributed by atoms with Crippen molar-refractivity contribution in [3.05, 3.63) is 77.9 Å². The van der Waals surface area contributed by atoms with E-state index in [-0.39, 0.29) is 17.3 Å². The second-order valence-electron chi connectivity index (χ2n) is 8.37. The molecule has 0 bridgehead atoms. The third-order valence-corrected chi connectivity index (χ3v) is 6.20. The third kappa shape index (κ3) is 4.47. The number of fused-ring (bicyclic) bond motifs is 2. The number of hydrogen-bond acceptors (Lipinski definition) is 7. The number of rotatable bonds is 8. The molecule has 9 nitrogen and oxygen atoms in total. The van der Waals surface area contributed by atoms with E-state index >= 15 is 0 Å². The normalized spacial score (nSPS) is 11.0. The van der Waals surface area contributed by atoms with Gasteiger partial charge in [0.05, 0.1) is 32.4 Å². The zero-order valence-electron chi connectivity index (χ0n) is 20.8. The predicted molar refractivity (Wildman–Crippen MR) is 143 cm³/mol. The molecular weight excluding hydrogens is 470 g/mol. The molecule has 0 radical (unpaired) electrons. The number of methoxy groups -OCH3 is 3. The van der Waals surface area contributed by atoms with Crippen molar-refractivity contribution < 1.29 is 19.0 Å². The third-order valence-electron chi connectivity index (χ3n) is 6.20. The standard InChI is InChI=1S/C28H27N5O4/c1-35-19-11-9-18(10-12-19)33-26(29)24(25-27(33)32-21-7-5-4-6-20(21)31-25)28(34)30-15-14-17-8-13-22(36-2)23(16-17)37-3/h4-13,16H,14-15,29H2,1-3H3,(H,30,34). The maximum atomic E-state index is 13.4. The molecule has 0 atom stereocenters. The van der Waals surface area contributed by atoms with Gasteiger partial charge < -0.3 is 25.3 Å². The summed E-state index contributed by atoms with van der Waals surface area (Å²) in [6.07, 6.45) is 0.595. The Balaban J connectivity index is 1.50. The highest BCUT2D eigenvalue weighted by Gasteiger charge is 2.24. The van der Waals surface area contributed by atoms with Gasteiger partial charge in [0.2, 0.25) is 0 Å². The van der Waals surface area contributed by atoms with Crippen molar-refractivity contribution in [3.63, 3.8) is 0 Å². The number of hydrogen-bond donors (Lipinski definition) is 2. The SMILES string of the molecule is COc1ccc(-n2c(N)c(C(=O)NCCc3ccc(OC)c(OC)c3)c3nc4ccccc4nc32)cc1. The Morgan fingerprint density at radius 1 is 0.892 bits per heavy atom. The van der Waals surface area contributed by atoms with Crippen LogP contribution in [0.2, 0.25) is 0 Å². The summed E-state index contributed by atoms with van der Waals surface area (Å²) in [7, 11) is 4.79. The van der Waals surface area contributed by atoms with Gasteiger partial charge in [-0.3, -0.25) is 9.36 Å². The van der Waals surface area contributed by atoms with Crippen molar-refractivity contribution in [3.8, 4) is 22.9 Å². The van der Waals surface area contributed by atoms with Gasteiger partial charge in [-0.1, -0.05) is 18.2 Å². The summed E-state index contributed by atoms with van der Waals surface area (Å²) < 4.78 is 17.7. The van der Waals surface area contributed by atoms with Crippen LogP contribution < -0.4 is 25.3 Å². The monoisotopic (exact) mass is 497 g/mol. The molecule has 188 valence electrons. The number of anilines is 1. The average Bonchev–Trinajstić information content (AvgIpc) is 3.22. The maximum absolute atomic E-state index is 13.4. The van der Waals surface area contributed by atoms with Crippen molar-refractivity contribution >= 4 is 33.9 Å². The number of benzene rings is 3. The van der Waals surface area contributed by atoms with Gasteiger partial charge in [0.25, 0.3) is 5.91 Å². The van der Waals surface area contributed by atoms with Gasteiger partial charge in [0, 0.05) is 12.2 Å². The predicted octanol–water partition coefficient (Wildman–Crippen LogP) is 4.15. The number of nitrogens with two attached hydrogens (primary N) is 1. The summed E-state index contributed by atoms with van der Waals surface area (Å²) in [5.74, 6) is 1.95. The number of aromatic nitrogens is 3. The number of nitrogens with zero attached hydrogens (tertiary/aromatic N) is 3. The summed E-state index contributed by atoms with van der Waals surface area (Å²) in [6.45, 7) is 0.393. The van der Waals surface area contributed by atoms with E-state index in [1.807, 2.05) is 66.7 Å². The van der Waals surface area contributed by atoms with Gasteiger partial charge in [-0.25, -0.2) is 9.97 Å². The van der Waals surface area contributed by atoms with E-state index in [4.69, 9.17) is 29.9 Å². The van der Waals surface area contributed by atoms with Crippen LogP contribution in [0.25, 0.3) is 27.9 Å². The highest BCUT2D eigenvalue weighted by atomic mass is 16.5. The fraction of sp³-hybridized carbons (Fsp3) is 0.179. The first kappa shape index (κ1) is 23.9. The molecule has 9 heteroatoms. The first-order valence-corrected chi connectivity index (χ1v) is 11.7. The number of para-hydroxylation sites is 2. The Kier molecular flexibility index (Phi) is 6.51. The molecule has 2 aromatic heterocycles. The minimum Gasteiger partial charge on any atom is -0.497 e. The Hall–Kier alpha value is -4.79. The Morgan fingerprint density at radius 2 is 1.59 bits per heavy atom. The van der Waals surface area contributed by atoms with E-state index in [1.165, 1.54) is 0 Å². The molecule has 0 unspecified atom stereocenters. The van der Waals surface area contributed by atoms with Crippen molar-refractivity contribution in [2.24, 2.45) is 0 Å². The molecule has 0 aliphatic carbocycles. The highest BCUT2D eigenvalue weighted by Crippen LogP contribution is 2.32. The number of carbonyl (C=O) groups is 1. The number of ether oxygens (including phenoxy) is 3. The lowest BCUT2D eigenvalue weighted by atomic mass is 10.1. The van der Waals surface area contributed by atoms with E-state index in [0.29, 0.717) is 52.4 Å². The van der Waals surface area contributed by atoms with E-state index in [1.54, 1.807) is 25.9 Å². The summed E-state index contributed by atoms with van der Waals surface area (Å²) in [6, 6.07) is 20.6. The van der Waals surface area contributed by atoms with Gasteiger partial charge in [-0.15, -0.1) is 0 Å². The number of nitrogens with one attached hydrogen (secondary N) is 1. The summed E-state index contributed by atoms with van der Waals surface area (Å²) in [5, 5.41) is 2.99. The summed E-state index contributed by atoms with van der Waals surface area (Å²) in [5.41, 5.74) is 11.0. The van der Waals surface area contributed by atoms with Crippen LogP contribution in [0.1, 0.15) is 15.9 Å². The van der Waals surface area contributed by atoms with Crippen LogP contribution in [-0.2, 0) is 6.42 Å². The van der Waals surface area contributed by atoms with Crippen LogP contribution >= 0.6 is 0 Å². The molecule has 0 aliphatic rings. The second-order valence-corrected chi connectivity index (χ2v) is 8.37. The molecule has 3 aromatic carbocycles. The van der Waals surface area contributed by atoms with E-state index < -0.39 is 0 Å². The molecule has 2 heterocycles. The van der Waals surface area contributed by atoms with Crippen molar-refractivity contribution in [2.75, 3.05) is 33.6 Å². The molecule has 0 spiro atoms. The minimum absolute atomic E-state index is 0.263. The fourth-order valence-corrected chi connectivity index (χ4v) is 4.32. The van der Waals surface area contributed by atoms with Gasteiger partial charge >= 0.3 is 0 Å². The Morgan fingerprint density at radius 3 is 2.27 bits per heavy atom. The van der Waals surface area contributed by atoms with Crippen LogP contribution in [0.5, 0.6) is 17.2 Å². The van der Waals surface area contributed by atoms with Gasteiger partial charge in [0.15, 0.2) is 17.1 Å². The number of carbonyl (C=O) groups excluding carboxylic acids is 1. The lowest BCUT2D eigenvalue weighted by molar-refractivity contribution is 0.0956. The topological polar surface area (TPSA) is 114 Å². The molecule has 37 heavy (non-hydrogen) atoms. The smallest absolute Gasteiger partial charge is 0.257 e. The van der Waals surface area contributed by atoms with Crippen LogP contribution in [-0.4, -0.2) is 48.3 Å². The highest BCUT2D eigenvalue weighted by molar-refractivity contribution is 6.11. The number of nitrogen functional groups attached to an aromatic ring is 1. The molecular formula is C28H27N5O4. The van der Waals surface area contributed by atoms with Gasteiger partial charge in [-0.2, -0.15) is 0 Å². The minimum atomic E-state index is -0.320. The summed E-state index contributed by atoms with van der Waals surface area (Å²) in [4.78, 5) is 23.0. The van der Waals surface area contributed by atoms with Crippen molar-refractivity contribution in [1.29, 1.82) is 0 Å². The van der Waals surface area contributed by atoms with Crippen LogP contribution in [0, 0.1) is 0 Å². The first-order chi connectivity index (χ1) is 18.0. The lowest BCUT2D eigenvalue weighted by Crippen LogP contribution is -2.26. The molecule has 3 N–H and O–H groups in total. The largest absolute Gasteiger partial charge is 0.497 e. The van der Waals surface area contributed by atoms with Crippen LogP contribution in [0.4, 0.5) is 5.82 Å². The van der Waals surface area contributed by atoms with E-state index in [2.05, 4.69) is 5.32 Å². The lowest BCUT2D eigenvalue weighted by Gasteiger charge is -2.10. The zero-order valence-corrected chi connectivity index (χ0v) is 20.8. The zero-order chi connectivity index (χ0) is 25.9. The molecule has 0 aliphatic heterocycles.